The molecule has 16 heteroatoms. The monoisotopic (exact) mass is 818 g/mol. The van der Waals surface area contributed by atoms with Crippen LogP contribution in [0.3, 0.4) is 0 Å². The molecule has 0 saturated carbocycles. The molecule has 2 aromatic carbocycles. The van der Waals surface area contributed by atoms with Crippen molar-refractivity contribution in [2.24, 2.45) is 5.92 Å². The SMILES string of the molecule is [C-]#[N+]CC1CN(c2nc(OC[C@@H]3CCN(C)C3)nc3c2CCC(c2c(C(F)(F)F)ccc4c2cnn4COCC[Si](C)(C)C)C3)CCN1C(=O)OCc1ccccc1. The first-order chi connectivity index (χ1) is 27.8. The van der Waals surface area contributed by atoms with Crippen molar-refractivity contribution in [3.63, 3.8) is 0 Å². The van der Waals surface area contributed by atoms with Crippen LogP contribution < -0.4 is 9.64 Å². The van der Waals surface area contributed by atoms with E-state index in [0.717, 1.165) is 36.7 Å². The molecule has 58 heavy (non-hydrogen) atoms. The molecule has 3 aliphatic rings. The number of likely N-dealkylation sites (tertiary alicyclic amines) is 1. The van der Waals surface area contributed by atoms with E-state index in [-0.39, 0.29) is 37.9 Å². The summed E-state index contributed by atoms with van der Waals surface area (Å²) in [7, 11) is 0.753. The Bertz CT molecular complexity index is 2100. The van der Waals surface area contributed by atoms with Crippen molar-refractivity contribution in [2.75, 3.05) is 64.4 Å². The van der Waals surface area contributed by atoms with Crippen LogP contribution in [0.5, 0.6) is 6.01 Å². The molecule has 2 saturated heterocycles. The van der Waals surface area contributed by atoms with Gasteiger partial charge >= 0.3 is 18.3 Å². The number of ether oxygens (including phenoxy) is 3. The van der Waals surface area contributed by atoms with Crippen LogP contribution in [0.2, 0.25) is 25.7 Å². The maximum Gasteiger partial charge on any atom is 0.416 e. The molecular weight excluding hydrogens is 766 g/mol. The van der Waals surface area contributed by atoms with Crippen LogP contribution >= 0.6 is 0 Å². The van der Waals surface area contributed by atoms with Gasteiger partial charge in [0.1, 0.15) is 25.2 Å². The minimum absolute atomic E-state index is 0.0755. The number of carbonyl (C=O) groups is 1. The van der Waals surface area contributed by atoms with Crippen molar-refractivity contribution in [2.45, 2.75) is 82.8 Å². The zero-order valence-corrected chi connectivity index (χ0v) is 34.8. The summed E-state index contributed by atoms with van der Waals surface area (Å²) < 4.78 is 63.9. The molecule has 0 bridgehead atoms. The molecular formula is C42H53F3N8O4Si. The number of amides is 1. The van der Waals surface area contributed by atoms with Gasteiger partial charge in [-0.15, -0.1) is 0 Å². The minimum atomic E-state index is -4.57. The van der Waals surface area contributed by atoms with Crippen LogP contribution in [0.15, 0.2) is 48.7 Å². The topological polar surface area (TPSA) is 102 Å². The molecule has 0 N–H and O–H groups in total. The van der Waals surface area contributed by atoms with Gasteiger partial charge in [-0.1, -0.05) is 50.0 Å². The summed E-state index contributed by atoms with van der Waals surface area (Å²) in [4.78, 5) is 32.8. The Labute approximate surface area is 339 Å². The number of anilines is 1. The van der Waals surface area contributed by atoms with E-state index in [9.17, 15) is 18.0 Å². The third kappa shape index (κ3) is 9.75. The van der Waals surface area contributed by atoms with Gasteiger partial charge in [0.05, 0.1) is 29.6 Å². The largest absolute Gasteiger partial charge is 0.463 e. The number of fused-ring (bicyclic) bond motifs is 2. The quantitative estimate of drug-likeness (QED) is 0.0771. The molecule has 7 rings (SSSR count). The van der Waals surface area contributed by atoms with Crippen LogP contribution in [-0.4, -0.2) is 109 Å². The van der Waals surface area contributed by atoms with Gasteiger partial charge in [0, 0.05) is 57.7 Å². The van der Waals surface area contributed by atoms with Crippen molar-refractivity contribution in [3.05, 3.63) is 88.0 Å². The van der Waals surface area contributed by atoms with E-state index in [1.54, 1.807) is 9.58 Å². The lowest BCUT2D eigenvalue weighted by atomic mass is 9.79. The average Bonchev–Trinajstić information content (AvgIpc) is 3.82. The van der Waals surface area contributed by atoms with E-state index in [4.69, 9.17) is 30.8 Å². The lowest BCUT2D eigenvalue weighted by Crippen LogP contribution is -2.57. The molecule has 0 radical (unpaired) electrons. The highest BCUT2D eigenvalue weighted by molar-refractivity contribution is 6.76. The van der Waals surface area contributed by atoms with Crippen molar-refractivity contribution < 1.29 is 32.2 Å². The molecule has 310 valence electrons. The maximum absolute atomic E-state index is 14.8. The normalized spacial score (nSPS) is 20.3. The fourth-order valence-corrected chi connectivity index (χ4v) is 9.10. The lowest BCUT2D eigenvalue weighted by Gasteiger charge is -2.40. The standard InChI is InChI=1S/C42H53F3N8O4Si/c1-46-22-32-25-51(17-18-52(32)41(54)57-26-29-9-7-6-8-10-29)39-33-12-11-31(21-36(33)48-40(49-39)56-27-30-15-16-50(2)24-30)38-34-23-47-53(28-55-19-20-58(3,4)5)37(34)14-13-35(38)42(43,44)45/h6-10,13-14,23,30-32H,11-12,15-22,24-28H2,2-5H3/t30-,31?,32?/m1/s1. The molecule has 3 atom stereocenters. The summed E-state index contributed by atoms with van der Waals surface area (Å²) in [6.07, 6.45) is -1.39. The number of nitrogens with zero attached hydrogens (tertiary/aromatic N) is 8. The van der Waals surface area contributed by atoms with E-state index in [1.165, 1.54) is 18.3 Å². The predicted molar refractivity (Wildman–Crippen MR) is 218 cm³/mol. The molecule has 2 aliphatic heterocycles. The van der Waals surface area contributed by atoms with Crippen molar-refractivity contribution in [3.8, 4) is 6.01 Å². The van der Waals surface area contributed by atoms with Gasteiger partial charge < -0.3 is 28.9 Å². The van der Waals surface area contributed by atoms with Crippen LogP contribution in [0, 0.1) is 12.5 Å². The molecule has 1 aliphatic carbocycles. The number of hydrogen-bond donors (Lipinski definition) is 0. The summed E-state index contributed by atoms with van der Waals surface area (Å²) in [5.41, 5.74) is 2.54. The van der Waals surface area contributed by atoms with Gasteiger partial charge in [-0.25, -0.2) is 16.0 Å². The Balaban J connectivity index is 1.17. The number of piperazine rings is 1. The molecule has 1 amide bonds. The molecule has 12 nitrogen and oxygen atoms in total. The Morgan fingerprint density at radius 1 is 1.03 bits per heavy atom. The minimum Gasteiger partial charge on any atom is -0.463 e. The van der Waals surface area contributed by atoms with Crippen LogP contribution in [-0.2, 0) is 41.8 Å². The molecule has 2 aromatic heterocycles. The van der Waals surface area contributed by atoms with E-state index in [0.29, 0.717) is 74.0 Å². The first-order valence-corrected chi connectivity index (χ1v) is 23.9. The second-order valence-corrected chi connectivity index (χ2v) is 22.7. The van der Waals surface area contributed by atoms with Crippen LogP contribution in [0.4, 0.5) is 23.8 Å². The molecule has 2 unspecified atom stereocenters. The van der Waals surface area contributed by atoms with Crippen molar-refractivity contribution >= 4 is 30.9 Å². The summed E-state index contributed by atoms with van der Waals surface area (Å²) >= 11 is 0. The van der Waals surface area contributed by atoms with E-state index >= 15 is 0 Å². The Morgan fingerprint density at radius 3 is 2.57 bits per heavy atom. The smallest absolute Gasteiger partial charge is 0.416 e. The lowest BCUT2D eigenvalue weighted by molar-refractivity contribution is -0.138. The highest BCUT2D eigenvalue weighted by Gasteiger charge is 2.40. The molecule has 4 heterocycles. The van der Waals surface area contributed by atoms with Crippen LogP contribution in [0.1, 0.15) is 46.7 Å². The highest BCUT2D eigenvalue weighted by atomic mass is 28.3. The molecule has 4 aromatic rings. The second-order valence-electron chi connectivity index (χ2n) is 17.0. The number of benzene rings is 2. The van der Waals surface area contributed by atoms with E-state index in [1.807, 2.05) is 30.3 Å². The number of halogens is 3. The van der Waals surface area contributed by atoms with Crippen molar-refractivity contribution in [1.29, 1.82) is 0 Å². The summed E-state index contributed by atoms with van der Waals surface area (Å²) in [6, 6.07) is 12.8. The Kier molecular flexibility index (Phi) is 12.6. The first-order valence-electron chi connectivity index (χ1n) is 20.2. The fraction of sp³-hybridized carbons (Fsp3) is 0.548. The summed E-state index contributed by atoms with van der Waals surface area (Å²) in [5, 5.41) is 4.96. The second kappa shape index (κ2) is 17.6. The number of alkyl halides is 3. The Hall–Kier alpha value is -4.72. The van der Waals surface area contributed by atoms with Crippen LogP contribution in [0.25, 0.3) is 15.7 Å². The number of hydrogen-bond acceptors (Lipinski definition) is 9. The zero-order valence-electron chi connectivity index (χ0n) is 33.8. The predicted octanol–water partition coefficient (Wildman–Crippen LogP) is 7.51. The number of rotatable bonds is 13. The van der Waals surface area contributed by atoms with Gasteiger partial charge in [0.2, 0.25) is 6.54 Å². The number of carbonyl (C=O) groups excluding carboxylic acids is 1. The fourth-order valence-electron chi connectivity index (χ4n) is 8.35. The van der Waals surface area contributed by atoms with Gasteiger partial charge in [-0.05, 0) is 74.5 Å². The number of aromatic nitrogens is 4. The zero-order chi connectivity index (χ0) is 41.0. The van der Waals surface area contributed by atoms with Gasteiger partial charge in [0.25, 0.3) is 0 Å². The first kappa shape index (κ1) is 41.4. The van der Waals surface area contributed by atoms with E-state index in [2.05, 4.69) is 46.4 Å². The Morgan fingerprint density at radius 2 is 1.84 bits per heavy atom. The van der Waals surface area contributed by atoms with Gasteiger partial charge in [-0.2, -0.15) is 28.2 Å². The van der Waals surface area contributed by atoms with Gasteiger partial charge in [0.15, 0.2) is 0 Å². The average molecular weight is 819 g/mol. The van der Waals surface area contributed by atoms with E-state index < -0.39 is 37.9 Å². The summed E-state index contributed by atoms with van der Waals surface area (Å²) in [6.45, 7) is 18.8. The summed E-state index contributed by atoms with van der Waals surface area (Å²) in [5.74, 6) is 0.451. The third-order valence-corrected chi connectivity index (χ3v) is 13.2. The highest BCUT2D eigenvalue weighted by Crippen LogP contribution is 2.45. The maximum atomic E-state index is 14.8. The molecule has 0 spiro atoms. The van der Waals surface area contributed by atoms with Crippen molar-refractivity contribution in [1.82, 2.24) is 29.5 Å². The third-order valence-electron chi connectivity index (χ3n) is 11.5. The van der Waals surface area contributed by atoms with Gasteiger partial charge in [-0.3, -0.25) is 4.90 Å². The molecule has 2 fully saturated rings.